The van der Waals surface area contributed by atoms with Crippen LogP contribution in [0.25, 0.3) is 0 Å². The molecule has 2 N–H and O–H groups in total. The minimum atomic E-state index is -4.45. The van der Waals surface area contributed by atoms with Crippen LogP contribution in [0.4, 0.5) is 0 Å². The molecule has 0 aromatic rings. The average Bonchev–Trinajstić information content (AvgIpc) is 3.51. The van der Waals surface area contributed by atoms with E-state index in [1.165, 1.54) is 238 Å². The van der Waals surface area contributed by atoms with E-state index in [2.05, 4.69) is 74.7 Å². The number of unbranched alkanes of at least 4 members (excludes halogenated alkanes) is 41. The Morgan fingerprint density at radius 1 is 0.422 bits per heavy atom. The van der Waals surface area contributed by atoms with Crippen LogP contribution in [-0.2, 0) is 27.9 Å². The van der Waals surface area contributed by atoms with Crippen LogP contribution in [0.1, 0.15) is 342 Å². The molecule has 0 fully saturated rings. The van der Waals surface area contributed by atoms with E-state index in [0.29, 0.717) is 23.9 Å². The van der Waals surface area contributed by atoms with E-state index >= 15 is 0 Å². The van der Waals surface area contributed by atoms with Crippen LogP contribution in [0.5, 0.6) is 0 Å². The van der Waals surface area contributed by atoms with Gasteiger partial charge < -0.3 is 19.4 Å². The van der Waals surface area contributed by atoms with Gasteiger partial charge in [0.2, 0.25) is 5.91 Å². The monoisotopic (exact) mass is 1190 g/mol. The largest absolute Gasteiger partial charge is 0.472 e. The highest BCUT2D eigenvalue weighted by atomic mass is 31.2. The van der Waals surface area contributed by atoms with E-state index in [9.17, 15) is 19.0 Å². The van der Waals surface area contributed by atoms with Crippen molar-refractivity contribution < 1.29 is 37.3 Å². The highest BCUT2D eigenvalue weighted by Crippen LogP contribution is 2.43. The van der Waals surface area contributed by atoms with E-state index in [1.807, 2.05) is 33.3 Å². The van der Waals surface area contributed by atoms with Gasteiger partial charge in [-0.15, -0.1) is 0 Å². The van der Waals surface area contributed by atoms with Crippen LogP contribution in [-0.4, -0.2) is 74.3 Å². The van der Waals surface area contributed by atoms with Crippen LogP contribution in [0, 0.1) is 0 Å². The maximum Gasteiger partial charge on any atom is 0.472 e. The molecule has 0 radical (unpaired) electrons. The summed E-state index contributed by atoms with van der Waals surface area (Å²) < 4.78 is 30.8. The van der Waals surface area contributed by atoms with Gasteiger partial charge in [-0.3, -0.25) is 18.6 Å². The van der Waals surface area contributed by atoms with Gasteiger partial charge in [0.1, 0.15) is 19.3 Å². The lowest BCUT2D eigenvalue weighted by Gasteiger charge is -2.27. The van der Waals surface area contributed by atoms with Crippen LogP contribution in [0.2, 0.25) is 0 Å². The van der Waals surface area contributed by atoms with Crippen molar-refractivity contribution in [1.82, 2.24) is 5.32 Å². The van der Waals surface area contributed by atoms with E-state index < -0.39 is 20.0 Å². The Kier molecular flexibility index (Phi) is 61.0. The van der Waals surface area contributed by atoms with Crippen LogP contribution < -0.4 is 5.32 Å². The first kappa shape index (κ1) is 80.7. The summed E-state index contributed by atoms with van der Waals surface area (Å²) in [7, 11) is 1.50. The number of phosphoric ester groups is 1. The second-order valence-electron chi connectivity index (χ2n) is 25.4. The molecule has 0 heterocycles. The maximum absolute atomic E-state index is 13.6. The number of esters is 1. The van der Waals surface area contributed by atoms with Gasteiger partial charge in [-0.1, -0.05) is 294 Å². The molecule has 0 aromatic heterocycles. The standard InChI is InChI=1S/C73H137N2O7P/c1-7-10-13-16-19-22-25-27-29-31-33-35-37-39-41-43-45-47-50-53-56-59-62-65-72(76)74-70(69-81-83(78,79)80-68-67-75(4,5)6)71(64-61-58-55-52-49-24-21-18-15-12-9-3)82-73(77)66-63-60-57-54-51-48-46-44-42-40-38-36-34-32-30-28-26-23-20-17-14-11-8-2/h19,22,27-30,33,35,61,64,70-71H,7-18,20-21,23-26,31-32,34,36-60,62-63,65-69H2,1-6H3,(H-,74,76,78,79)/p+1/b22-19-,29-27-,30-28+,35-33-,64-61+. The zero-order valence-corrected chi connectivity index (χ0v) is 56.6. The fraction of sp³-hybridized carbons (Fsp3) is 0.836. The molecule has 9 nitrogen and oxygen atoms in total. The third kappa shape index (κ3) is 64.0. The molecule has 0 saturated carbocycles. The predicted octanol–water partition coefficient (Wildman–Crippen LogP) is 22.6. The first-order valence-corrected chi connectivity index (χ1v) is 37.1. The molecule has 3 atom stereocenters. The Labute approximate surface area is 515 Å². The van der Waals surface area contributed by atoms with E-state index in [0.717, 1.165) is 70.6 Å². The maximum atomic E-state index is 13.6. The normalized spacial score (nSPS) is 13.9. The van der Waals surface area contributed by atoms with Crippen molar-refractivity contribution in [2.24, 2.45) is 0 Å². The number of hydrogen-bond donors (Lipinski definition) is 2. The Bertz CT molecular complexity index is 1600. The summed E-state index contributed by atoms with van der Waals surface area (Å²) in [6.45, 7) is 7.01. The van der Waals surface area contributed by atoms with Crippen LogP contribution in [0.15, 0.2) is 60.8 Å². The Morgan fingerprint density at radius 2 is 0.735 bits per heavy atom. The molecule has 10 heteroatoms. The molecule has 0 aromatic carbocycles. The third-order valence-electron chi connectivity index (χ3n) is 15.9. The molecule has 3 unspecified atom stereocenters. The SMILES string of the molecule is CCCCC/C=C\C/C=C\C/C=C\CCCCCCCCCCCCC(=O)NC(COP(=O)(O)OCC[N+](C)(C)C)C(/C=C/CCCCCCCCCCC)OC(=O)CCCCCCCCCCCCCCC/C=C/CCCCCCCC. The number of rotatable bonds is 65. The summed E-state index contributed by atoms with van der Waals surface area (Å²) in [4.78, 5) is 37.9. The van der Waals surface area contributed by atoms with Crippen molar-refractivity contribution in [3.05, 3.63) is 60.8 Å². The van der Waals surface area contributed by atoms with E-state index in [-0.39, 0.29) is 25.1 Å². The zero-order valence-electron chi connectivity index (χ0n) is 55.7. The minimum Gasteiger partial charge on any atom is -0.456 e. The number of ether oxygens (including phenoxy) is 1. The fourth-order valence-electron chi connectivity index (χ4n) is 10.4. The number of nitrogens with zero attached hydrogens (tertiary/aromatic N) is 1. The molecule has 0 aliphatic carbocycles. The van der Waals surface area contributed by atoms with Gasteiger partial charge in [-0.05, 0) is 96.0 Å². The lowest BCUT2D eigenvalue weighted by Crippen LogP contribution is -2.47. The van der Waals surface area contributed by atoms with Gasteiger partial charge in [0, 0.05) is 12.8 Å². The Hall–Kier alpha value is -2.29. The number of nitrogens with one attached hydrogen (secondary N) is 1. The van der Waals surface area contributed by atoms with Crippen molar-refractivity contribution in [2.45, 2.75) is 354 Å². The lowest BCUT2D eigenvalue weighted by molar-refractivity contribution is -0.870. The first-order chi connectivity index (χ1) is 40.4. The predicted molar refractivity (Wildman–Crippen MR) is 360 cm³/mol. The van der Waals surface area contributed by atoms with Gasteiger partial charge in [-0.2, -0.15) is 0 Å². The number of hydrogen-bond acceptors (Lipinski definition) is 6. The summed E-state index contributed by atoms with van der Waals surface area (Å²) in [5.74, 6) is -0.498. The number of likely N-dealkylation sites (N-methyl/N-ethyl adjacent to an activating group) is 1. The van der Waals surface area contributed by atoms with Gasteiger partial charge in [0.05, 0.1) is 33.8 Å². The molecule has 0 bridgehead atoms. The second-order valence-corrected chi connectivity index (χ2v) is 26.9. The number of allylic oxidation sites excluding steroid dienone is 9. The van der Waals surface area contributed by atoms with Crippen LogP contribution in [0.3, 0.4) is 0 Å². The highest BCUT2D eigenvalue weighted by Gasteiger charge is 2.30. The Balaban J connectivity index is 5.03. The van der Waals surface area contributed by atoms with Gasteiger partial charge >= 0.3 is 13.8 Å². The van der Waals surface area contributed by atoms with Crippen molar-refractivity contribution >= 4 is 19.7 Å². The summed E-state index contributed by atoms with van der Waals surface area (Å²) in [5.41, 5.74) is 0. The number of amides is 1. The topological polar surface area (TPSA) is 111 Å². The molecule has 1 amide bonds. The van der Waals surface area contributed by atoms with Crippen molar-refractivity contribution in [2.75, 3.05) is 40.9 Å². The third-order valence-corrected chi connectivity index (χ3v) is 16.9. The minimum absolute atomic E-state index is 0.0394. The average molecular weight is 1190 g/mol. The lowest BCUT2D eigenvalue weighted by atomic mass is 10.0. The molecule has 0 saturated heterocycles. The number of phosphoric acid groups is 1. The summed E-state index contributed by atoms with van der Waals surface area (Å²) in [6.07, 6.45) is 80.9. The summed E-state index contributed by atoms with van der Waals surface area (Å²) in [5, 5.41) is 3.07. The molecule has 0 spiro atoms. The first-order valence-electron chi connectivity index (χ1n) is 35.6. The zero-order chi connectivity index (χ0) is 60.7. The molecular formula is C73H138N2O7P+. The molecule has 0 aliphatic heterocycles. The van der Waals surface area contributed by atoms with Gasteiger partial charge in [0.25, 0.3) is 0 Å². The molecule has 486 valence electrons. The van der Waals surface area contributed by atoms with E-state index in [4.69, 9.17) is 13.8 Å². The van der Waals surface area contributed by atoms with Crippen molar-refractivity contribution in [3.8, 4) is 0 Å². The fourth-order valence-corrected chi connectivity index (χ4v) is 11.2. The van der Waals surface area contributed by atoms with Gasteiger partial charge in [-0.25, -0.2) is 4.57 Å². The van der Waals surface area contributed by atoms with Gasteiger partial charge in [0.15, 0.2) is 0 Å². The summed E-state index contributed by atoms with van der Waals surface area (Å²) >= 11 is 0. The van der Waals surface area contributed by atoms with Crippen molar-refractivity contribution in [3.63, 3.8) is 0 Å². The molecular weight excluding hydrogens is 1050 g/mol. The van der Waals surface area contributed by atoms with Crippen molar-refractivity contribution in [1.29, 1.82) is 0 Å². The smallest absolute Gasteiger partial charge is 0.456 e. The molecule has 0 rings (SSSR count). The quantitative estimate of drug-likeness (QED) is 0.0205. The number of quaternary nitrogens is 1. The highest BCUT2D eigenvalue weighted by molar-refractivity contribution is 7.47. The Morgan fingerprint density at radius 3 is 1.13 bits per heavy atom. The number of carbonyl (C=O) groups excluding carboxylic acids is 2. The second kappa shape index (κ2) is 62.8. The number of carbonyl (C=O) groups is 2. The van der Waals surface area contributed by atoms with E-state index in [1.54, 1.807) is 0 Å². The molecule has 0 aliphatic rings. The molecule has 83 heavy (non-hydrogen) atoms. The van der Waals surface area contributed by atoms with Crippen LogP contribution >= 0.6 is 7.82 Å². The summed E-state index contributed by atoms with van der Waals surface area (Å²) in [6, 6.07) is -0.851.